The van der Waals surface area contributed by atoms with Crippen LogP contribution in [0.25, 0.3) is 5.57 Å². The summed E-state index contributed by atoms with van der Waals surface area (Å²) in [5.41, 5.74) is 11.9. The average molecular weight is 275 g/mol. The molecule has 1 aromatic carbocycles. The summed E-state index contributed by atoms with van der Waals surface area (Å²) in [7, 11) is 0. The number of hydrogen-bond acceptors (Lipinski definition) is 1. The molecule has 0 aromatic heterocycles. The van der Waals surface area contributed by atoms with Crippen molar-refractivity contribution < 1.29 is 0 Å². The Morgan fingerprint density at radius 1 is 1.33 bits per heavy atom. The van der Waals surface area contributed by atoms with Gasteiger partial charge in [0, 0.05) is 11.8 Å². The van der Waals surface area contributed by atoms with Crippen molar-refractivity contribution in [2.24, 2.45) is 5.92 Å². The van der Waals surface area contributed by atoms with Gasteiger partial charge in [0.15, 0.2) is 0 Å². The zero-order valence-electron chi connectivity index (χ0n) is 12.7. The van der Waals surface area contributed by atoms with Gasteiger partial charge in [-0.25, -0.2) is 0 Å². The molecule has 0 saturated carbocycles. The van der Waals surface area contributed by atoms with E-state index in [1.807, 2.05) is 0 Å². The van der Waals surface area contributed by atoms with Crippen LogP contribution >= 0.6 is 0 Å². The Hall–Kier alpha value is -2.11. The van der Waals surface area contributed by atoms with E-state index in [9.17, 15) is 0 Å². The number of fused-ring (bicyclic) bond motifs is 3. The topological polar surface area (TPSA) is 23.9 Å². The molecule has 106 valence electrons. The first-order valence-corrected chi connectivity index (χ1v) is 7.66. The second-order valence-corrected chi connectivity index (χ2v) is 6.18. The van der Waals surface area contributed by atoms with Crippen LogP contribution in [0.4, 0.5) is 0 Å². The summed E-state index contributed by atoms with van der Waals surface area (Å²) in [5.74, 6) is 0.686. The second kappa shape index (κ2) is 5.71. The fraction of sp³-hybridized carbons (Fsp3) is 0.300. The van der Waals surface area contributed by atoms with Crippen molar-refractivity contribution in [3.8, 4) is 0 Å². The fourth-order valence-corrected chi connectivity index (χ4v) is 3.27. The molecule has 0 unspecified atom stereocenters. The van der Waals surface area contributed by atoms with Crippen molar-refractivity contribution in [1.82, 2.24) is 0 Å². The van der Waals surface area contributed by atoms with E-state index in [4.69, 9.17) is 5.41 Å². The van der Waals surface area contributed by atoms with E-state index in [0.717, 1.165) is 19.3 Å². The highest BCUT2D eigenvalue weighted by atomic mass is 14.3. The molecular weight excluding hydrogens is 254 g/mol. The average Bonchev–Trinajstić information content (AvgIpc) is 2.99. The van der Waals surface area contributed by atoms with Crippen LogP contribution in [0.1, 0.15) is 37.0 Å². The lowest BCUT2D eigenvalue weighted by Crippen LogP contribution is -1.99. The van der Waals surface area contributed by atoms with Crippen LogP contribution < -0.4 is 0 Å². The highest BCUT2D eigenvalue weighted by Crippen LogP contribution is 2.43. The molecule has 1 nitrogen and oxygen atoms in total. The molecule has 0 atom stereocenters. The van der Waals surface area contributed by atoms with Crippen LogP contribution in [0, 0.1) is 11.3 Å². The fourth-order valence-electron chi connectivity index (χ4n) is 3.27. The van der Waals surface area contributed by atoms with Crippen LogP contribution in [0.2, 0.25) is 0 Å². The molecule has 0 fully saturated rings. The molecule has 2 aliphatic rings. The Morgan fingerprint density at radius 2 is 2.19 bits per heavy atom. The van der Waals surface area contributed by atoms with Gasteiger partial charge in [0.1, 0.15) is 0 Å². The monoisotopic (exact) mass is 275 g/mol. The van der Waals surface area contributed by atoms with Crippen molar-refractivity contribution in [2.45, 2.75) is 33.1 Å². The summed E-state index contributed by atoms with van der Waals surface area (Å²) in [6.07, 6.45) is 10.4. The smallest absolute Gasteiger partial charge is 0.0278 e. The van der Waals surface area contributed by atoms with Crippen LogP contribution in [-0.2, 0) is 12.8 Å². The predicted octanol–water partition coefficient (Wildman–Crippen LogP) is 4.89. The van der Waals surface area contributed by atoms with E-state index in [2.05, 4.69) is 49.9 Å². The van der Waals surface area contributed by atoms with Gasteiger partial charge in [-0.3, -0.25) is 0 Å². The highest BCUT2D eigenvalue weighted by Gasteiger charge is 2.27. The minimum Gasteiger partial charge on any atom is -0.309 e. The number of benzene rings is 1. The maximum Gasteiger partial charge on any atom is 0.0278 e. The second-order valence-electron chi connectivity index (χ2n) is 6.18. The van der Waals surface area contributed by atoms with Crippen LogP contribution in [0.15, 0.2) is 53.3 Å². The number of hydrogen-bond donors (Lipinski definition) is 1. The van der Waals surface area contributed by atoms with E-state index in [0.29, 0.717) is 5.92 Å². The molecule has 0 amide bonds. The van der Waals surface area contributed by atoms with E-state index in [1.165, 1.54) is 39.6 Å². The molecule has 0 radical (unpaired) electrons. The molecule has 0 saturated heterocycles. The summed E-state index contributed by atoms with van der Waals surface area (Å²) in [6.45, 7) is 4.56. The van der Waals surface area contributed by atoms with Gasteiger partial charge in [0.05, 0.1) is 0 Å². The molecule has 0 bridgehead atoms. The summed E-state index contributed by atoms with van der Waals surface area (Å²) in [4.78, 5) is 0. The van der Waals surface area contributed by atoms with Crippen molar-refractivity contribution in [1.29, 1.82) is 5.41 Å². The Kier molecular flexibility index (Phi) is 3.77. The largest absolute Gasteiger partial charge is 0.309 e. The number of nitrogens with one attached hydrogen (secondary N) is 1. The van der Waals surface area contributed by atoms with Gasteiger partial charge in [0.25, 0.3) is 0 Å². The lowest BCUT2D eigenvalue weighted by Gasteiger charge is -2.10. The van der Waals surface area contributed by atoms with Gasteiger partial charge in [-0.05, 0) is 65.2 Å². The third-order valence-electron chi connectivity index (χ3n) is 4.17. The first-order chi connectivity index (χ1) is 10.2. The third kappa shape index (κ3) is 2.57. The van der Waals surface area contributed by atoms with E-state index >= 15 is 0 Å². The maximum absolute atomic E-state index is 7.06. The molecule has 21 heavy (non-hydrogen) atoms. The van der Waals surface area contributed by atoms with E-state index in [1.54, 1.807) is 6.08 Å². The molecule has 1 aromatic rings. The van der Waals surface area contributed by atoms with Gasteiger partial charge in [-0.2, -0.15) is 0 Å². The molecule has 1 heteroatoms. The van der Waals surface area contributed by atoms with Gasteiger partial charge >= 0.3 is 0 Å². The van der Waals surface area contributed by atoms with Crippen LogP contribution in [-0.4, -0.2) is 6.21 Å². The van der Waals surface area contributed by atoms with Gasteiger partial charge in [0.2, 0.25) is 0 Å². The molecule has 0 aliphatic heterocycles. The van der Waals surface area contributed by atoms with Crippen molar-refractivity contribution in [3.05, 3.63) is 70.0 Å². The summed E-state index contributed by atoms with van der Waals surface area (Å²) < 4.78 is 0. The van der Waals surface area contributed by atoms with Gasteiger partial charge < -0.3 is 5.41 Å². The molecule has 0 heterocycles. The lowest BCUT2D eigenvalue weighted by atomic mass is 9.95. The Bertz CT molecular complexity index is 707. The standard InChI is InChI=1S/C20H21N/c1-14(2)12-16-7-5-8-17-18-10-9-15(6-3-4-11-21)19(18)13-20(16)17/h3-5,7-9,11,14,21H,6,12-13H2,1-2H3/b4-3-,21-11?. The summed E-state index contributed by atoms with van der Waals surface area (Å²) in [5, 5.41) is 7.06. The van der Waals surface area contributed by atoms with Crippen LogP contribution in [0.5, 0.6) is 0 Å². The number of allylic oxidation sites excluding steroid dienone is 5. The van der Waals surface area contributed by atoms with Crippen LogP contribution in [0.3, 0.4) is 0 Å². The minimum absolute atomic E-state index is 0.686. The van der Waals surface area contributed by atoms with Crippen molar-refractivity contribution in [3.63, 3.8) is 0 Å². The zero-order chi connectivity index (χ0) is 14.8. The van der Waals surface area contributed by atoms with E-state index in [-0.39, 0.29) is 0 Å². The molecular formula is C20H21N. The Balaban J connectivity index is 1.95. The highest BCUT2D eigenvalue weighted by molar-refractivity contribution is 5.90. The van der Waals surface area contributed by atoms with Crippen molar-refractivity contribution in [2.75, 3.05) is 0 Å². The van der Waals surface area contributed by atoms with Gasteiger partial charge in [-0.15, -0.1) is 5.73 Å². The quantitative estimate of drug-likeness (QED) is 0.584. The normalized spacial score (nSPS) is 15.9. The number of rotatable bonds is 5. The Morgan fingerprint density at radius 3 is 2.95 bits per heavy atom. The molecule has 1 N–H and O–H groups in total. The van der Waals surface area contributed by atoms with Crippen molar-refractivity contribution >= 4 is 11.8 Å². The molecule has 3 rings (SSSR count). The Labute approximate surface area is 126 Å². The maximum atomic E-state index is 7.06. The SMILES string of the molecule is CC(C)Cc1cccc2c1CC1=C(C/C=C\C=N)C=C=C12. The predicted molar refractivity (Wildman–Crippen MR) is 89.7 cm³/mol. The van der Waals surface area contributed by atoms with E-state index < -0.39 is 0 Å². The first-order valence-electron chi connectivity index (χ1n) is 7.66. The molecule has 0 spiro atoms. The summed E-state index contributed by atoms with van der Waals surface area (Å²) >= 11 is 0. The summed E-state index contributed by atoms with van der Waals surface area (Å²) in [6, 6.07) is 6.69. The molecule has 2 aliphatic carbocycles. The zero-order valence-corrected chi connectivity index (χ0v) is 12.7. The third-order valence-corrected chi connectivity index (χ3v) is 4.17. The first kappa shape index (κ1) is 13.9. The minimum atomic E-state index is 0.686. The lowest BCUT2D eigenvalue weighted by molar-refractivity contribution is 0.644. The van der Waals surface area contributed by atoms with Gasteiger partial charge in [-0.1, -0.05) is 38.1 Å².